The largest absolute Gasteiger partial charge is 0.487 e. The van der Waals surface area contributed by atoms with E-state index in [-0.39, 0.29) is 6.10 Å². The molecule has 0 radical (unpaired) electrons. The normalized spacial score (nSPS) is 12.5. The van der Waals surface area contributed by atoms with Crippen LogP contribution in [-0.4, -0.2) is 26.4 Å². The van der Waals surface area contributed by atoms with Crippen LogP contribution in [0.1, 0.15) is 12.5 Å². The smallest absolute Gasteiger partial charge is 0.134 e. The van der Waals surface area contributed by atoms with E-state index in [2.05, 4.69) is 13.0 Å². The van der Waals surface area contributed by atoms with E-state index < -0.39 is 0 Å². The van der Waals surface area contributed by atoms with Gasteiger partial charge in [0.05, 0.1) is 6.61 Å². The van der Waals surface area contributed by atoms with Crippen LogP contribution in [0.15, 0.2) is 24.3 Å². The summed E-state index contributed by atoms with van der Waals surface area (Å²) in [5.74, 6) is 0.863. The van der Waals surface area contributed by atoms with Gasteiger partial charge in [-0.3, -0.25) is 0 Å². The van der Waals surface area contributed by atoms with E-state index in [4.69, 9.17) is 15.2 Å². The SMILES string of the molecule is CCc1cccc(OC(CN)COC)c1. The first-order valence-corrected chi connectivity index (χ1v) is 5.24. The summed E-state index contributed by atoms with van der Waals surface area (Å²) >= 11 is 0. The Hall–Kier alpha value is -1.06. The third-order valence-electron chi connectivity index (χ3n) is 2.22. The molecule has 0 fully saturated rings. The molecule has 0 aliphatic rings. The Labute approximate surface area is 91.2 Å². The minimum atomic E-state index is -0.0675. The van der Waals surface area contributed by atoms with Gasteiger partial charge in [-0.15, -0.1) is 0 Å². The Kier molecular flexibility index (Phi) is 5.15. The van der Waals surface area contributed by atoms with Crippen molar-refractivity contribution in [3.63, 3.8) is 0 Å². The van der Waals surface area contributed by atoms with E-state index in [9.17, 15) is 0 Å². The Morgan fingerprint density at radius 2 is 2.20 bits per heavy atom. The fourth-order valence-corrected chi connectivity index (χ4v) is 1.37. The van der Waals surface area contributed by atoms with Crippen molar-refractivity contribution in [3.8, 4) is 5.75 Å². The molecule has 1 atom stereocenters. The van der Waals surface area contributed by atoms with E-state index in [0.29, 0.717) is 13.2 Å². The fourth-order valence-electron chi connectivity index (χ4n) is 1.37. The summed E-state index contributed by atoms with van der Waals surface area (Å²) in [6.45, 7) is 3.10. The van der Waals surface area contributed by atoms with Crippen LogP contribution in [0.4, 0.5) is 0 Å². The Morgan fingerprint density at radius 3 is 2.80 bits per heavy atom. The molecule has 0 aliphatic heterocycles. The van der Waals surface area contributed by atoms with Gasteiger partial charge < -0.3 is 15.2 Å². The number of hydrogen-bond acceptors (Lipinski definition) is 3. The molecule has 0 amide bonds. The first-order valence-electron chi connectivity index (χ1n) is 5.24. The van der Waals surface area contributed by atoms with Gasteiger partial charge in [0.15, 0.2) is 0 Å². The standard InChI is InChI=1S/C12H19NO2/c1-3-10-5-4-6-11(7-10)15-12(8-13)9-14-2/h4-7,12H,3,8-9,13H2,1-2H3. The van der Waals surface area contributed by atoms with Crippen molar-refractivity contribution < 1.29 is 9.47 Å². The highest BCUT2D eigenvalue weighted by Crippen LogP contribution is 2.15. The number of hydrogen-bond donors (Lipinski definition) is 1. The lowest BCUT2D eigenvalue weighted by Crippen LogP contribution is -2.31. The van der Waals surface area contributed by atoms with Gasteiger partial charge in [0.25, 0.3) is 0 Å². The zero-order chi connectivity index (χ0) is 11.1. The second-order valence-corrected chi connectivity index (χ2v) is 3.43. The fraction of sp³-hybridized carbons (Fsp3) is 0.500. The lowest BCUT2D eigenvalue weighted by Gasteiger charge is -2.16. The predicted octanol–water partition coefficient (Wildman–Crippen LogP) is 1.60. The van der Waals surface area contributed by atoms with Crippen LogP contribution in [0.2, 0.25) is 0 Å². The molecule has 1 aromatic carbocycles. The van der Waals surface area contributed by atoms with Gasteiger partial charge in [-0.05, 0) is 24.1 Å². The van der Waals surface area contributed by atoms with Crippen molar-refractivity contribution in [1.29, 1.82) is 0 Å². The van der Waals surface area contributed by atoms with Gasteiger partial charge in [0.1, 0.15) is 11.9 Å². The van der Waals surface area contributed by atoms with Crippen molar-refractivity contribution in [2.75, 3.05) is 20.3 Å². The molecule has 1 unspecified atom stereocenters. The van der Waals surface area contributed by atoms with Crippen LogP contribution in [0, 0.1) is 0 Å². The molecule has 0 aromatic heterocycles. The maximum absolute atomic E-state index is 5.70. The Bertz CT molecular complexity index is 289. The van der Waals surface area contributed by atoms with Gasteiger partial charge in [0.2, 0.25) is 0 Å². The minimum Gasteiger partial charge on any atom is -0.487 e. The van der Waals surface area contributed by atoms with Gasteiger partial charge >= 0.3 is 0 Å². The molecule has 0 saturated heterocycles. The second kappa shape index (κ2) is 6.43. The summed E-state index contributed by atoms with van der Waals surface area (Å²) in [4.78, 5) is 0. The maximum atomic E-state index is 5.70. The van der Waals surface area contributed by atoms with E-state index in [0.717, 1.165) is 12.2 Å². The number of nitrogens with two attached hydrogens (primary N) is 1. The molecule has 84 valence electrons. The topological polar surface area (TPSA) is 44.5 Å². The van der Waals surface area contributed by atoms with Gasteiger partial charge in [-0.2, -0.15) is 0 Å². The van der Waals surface area contributed by atoms with Gasteiger partial charge in [0, 0.05) is 13.7 Å². The van der Waals surface area contributed by atoms with Crippen LogP contribution in [0.25, 0.3) is 0 Å². The number of aryl methyl sites for hydroxylation is 1. The molecule has 0 bridgehead atoms. The first kappa shape index (κ1) is 12.0. The van der Waals surface area contributed by atoms with Crippen molar-refractivity contribution in [1.82, 2.24) is 0 Å². The van der Waals surface area contributed by atoms with Gasteiger partial charge in [-0.25, -0.2) is 0 Å². The van der Waals surface area contributed by atoms with E-state index in [1.165, 1.54) is 5.56 Å². The van der Waals surface area contributed by atoms with E-state index in [1.807, 2.05) is 18.2 Å². The number of rotatable bonds is 6. The van der Waals surface area contributed by atoms with Crippen LogP contribution >= 0.6 is 0 Å². The average Bonchev–Trinajstić information content (AvgIpc) is 2.29. The molecule has 3 heteroatoms. The summed E-state index contributed by atoms with van der Waals surface area (Å²) in [5, 5.41) is 0. The Morgan fingerprint density at radius 1 is 1.40 bits per heavy atom. The molecule has 0 heterocycles. The average molecular weight is 209 g/mol. The molecule has 0 aliphatic carbocycles. The minimum absolute atomic E-state index is 0.0675. The lowest BCUT2D eigenvalue weighted by atomic mass is 10.2. The molecule has 1 aromatic rings. The summed E-state index contributed by atoms with van der Waals surface area (Å²) in [6.07, 6.45) is 0.941. The monoisotopic (exact) mass is 209 g/mol. The molecule has 2 N–H and O–H groups in total. The lowest BCUT2D eigenvalue weighted by molar-refractivity contribution is 0.0860. The van der Waals surface area contributed by atoms with Gasteiger partial charge in [-0.1, -0.05) is 19.1 Å². The van der Waals surface area contributed by atoms with Crippen LogP contribution in [-0.2, 0) is 11.2 Å². The first-order chi connectivity index (χ1) is 7.30. The Balaban J connectivity index is 2.61. The number of methoxy groups -OCH3 is 1. The molecule has 0 spiro atoms. The summed E-state index contributed by atoms with van der Waals surface area (Å²) in [5.41, 5.74) is 6.84. The summed E-state index contributed by atoms with van der Waals surface area (Å²) in [7, 11) is 1.65. The third kappa shape index (κ3) is 3.90. The third-order valence-corrected chi connectivity index (χ3v) is 2.22. The van der Waals surface area contributed by atoms with E-state index >= 15 is 0 Å². The van der Waals surface area contributed by atoms with Crippen molar-refractivity contribution >= 4 is 0 Å². The molecule has 3 nitrogen and oxygen atoms in total. The zero-order valence-electron chi connectivity index (χ0n) is 9.40. The highest BCUT2D eigenvalue weighted by molar-refractivity contribution is 5.28. The quantitative estimate of drug-likeness (QED) is 0.774. The second-order valence-electron chi connectivity index (χ2n) is 3.43. The highest BCUT2D eigenvalue weighted by Gasteiger charge is 2.07. The molecular weight excluding hydrogens is 190 g/mol. The molecule has 15 heavy (non-hydrogen) atoms. The van der Waals surface area contributed by atoms with Crippen molar-refractivity contribution in [2.45, 2.75) is 19.4 Å². The number of benzene rings is 1. The van der Waals surface area contributed by atoms with E-state index in [1.54, 1.807) is 7.11 Å². The summed E-state index contributed by atoms with van der Waals surface area (Å²) < 4.78 is 10.7. The predicted molar refractivity (Wildman–Crippen MR) is 61.2 cm³/mol. The van der Waals surface area contributed by atoms with Crippen LogP contribution in [0.3, 0.4) is 0 Å². The number of ether oxygens (including phenoxy) is 2. The zero-order valence-corrected chi connectivity index (χ0v) is 9.40. The van der Waals surface area contributed by atoms with Crippen molar-refractivity contribution in [2.24, 2.45) is 5.73 Å². The van der Waals surface area contributed by atoms with Crippen molar-refractivity contribution in [3.05, 3.63) is 29.8 Å². The molecule has 0 saturated carbocycles. The molecule has 1 rings (SSSR count). The summed E-state index contributed by atoms with van der Waals surface area (Å²) in [6, 6.07) is 8.06. The van der Waals surface area contributed by atoms with Crippen LogP contribution in [0.5, 0.6) is 5.75 Å². The highest BCUT2D eigenvalue weighted by atomic mass is 16.5. The molecular formula is C12H19NO2. The van der Waals surface area contributed by atoms with Crippen LogP contribution < -0.4 is 10.5 Å². The maximum Gasteiger partial charge on any atom is 0.134 e.